The number of hydrogen-bond donors (Lipinski definition) is 2. The van der Waals surface area contributed by atoms with Crippen molar-refractivity contribution in [1.82, 2.24) is 20.2 Å². The summed E-state index contributed by atoms with van der Waals surface area (Å²) in [4.78, 5) is 15.1. The van der Waals surface area contributed by atoms with Crippen LogP contribution in [0.3, 0.4) is 0 Å². The molecule has 14 heavy (non-hydrogen) atoms. The van der Waals surface area contributed by atoms with Gasteiger partial charge < -0.3 is 10.6 Å². The van der Waals surface area contributed by atoms with E-state index in [1.54, 1.807) is 12.4 Å². The van der Waals surface area contributed by atoms with Crippen LogP contribution in [0.25, 0.3) is 0 Å². The van der Waals surface area contributed by atoms with Crippen molar-refractivity contribution in [2.75, 3.05) is 19.6 Å². The minimum absolute atomic E-state index is 0.126. The average Bonchev–Trinajstić information content (AvgIpc) is 2.70. The number of nitrogens with one attached hydrogen (secondary N) is 2. The van der Waals surface area contributed by atoms with E-state index < -0.39 is 0 Å². The molecule has 0 unspecified atom stereocenters. The Morgan fingerprint density at radius 1 is 1.50 bits per heavy atom. The molecule has 1 heterocycles. The van der Waals surface area contributed by atoms with E-state index in [-0.39, 0.29) is 6.03 Å². The molecule has 0 aliphatic carbocycles. The molecule has 0 radical (unpaired) electrons. The summed E-state index contributed by atoms with van der Waals surface area (Å²) in [5.41, 5.74) is 0. The van der Waals surface area contributed by atoms with Gasteiger partial charge in [0.2, 0.25) is 0 Å². The van der Waals surface area contributed by atoms with Gasteiger partial charge in [0.15, 0.2) is 0 Å². The van der Waals surface area contributed by atoms with E-state index in [0.717, 1.165) is 19.5 Å². The zero-order chi connectivity index (χ0) is 10.2. The molecule has 1 aromatic rings. The highest BCUT2D eigenvalue weighted by molar-refractivity contribution is 5.76. The second-order valence-corrected chi connectivity index (χ2v) is 2.91. The Kier molecular flexibility index (Phi) is 4.71. The van der Waals surface area contributed by atoms with Crippen LogP contribution in [0.4, 0.5) is 4.79 Å². The van der Waals surface area contributed by atoms with Gasteiger partial charge in [-0.2, -0.15) is 0 Å². The van der Waals surface area contributed by atoms with E-state index >= 15 is 0 Å². The van der Waals surface area contributed by atoms with Crippen molar-refractivity contribution >= 4 is 6.03 Å². The summed E-state index contributed by atoms with van der Waals surface area (Å²) in [7, 11) is 0. The van der Waals surface area contributed by atoms with Crippen LogP contribution in [0.5, 0.6) is 0 Å². The lowest BCUT2D eigenvalue weighted by molar-refractivity contribution is 0.242. The van der Waals surface area contributed by atoms with E-state index in [1.165, 1.54) is 10.9 Å². The van der Waals surface area contributed by atoms with Crippen molar-refractivity contribution in [3.63, 3.8) is 0 Å². The van der Waals surface area contributed by atoms with Crippen LogP contribution < -0.4 is 10.6 Å². The van der Waals surface area contributed by atoms with Gasteiger partial charge in [-0.15, -0.1) is 0 Å². The third-order valence-corrected chi connectivity index (χ3v) is 1.80. The SMILES string of the molecule is CCNCCCNC(=O)n1ccnc1. The molecule has 1 rings (SSSR count). The summed E-state index contributed by atoms with van der Waals surface area (Å²) >= 11 is 0. The lowest BCUT2D eigenvalue weighted by atomic mass is 10.4. The van der Waals surface area contributed by atoms with E-state index in [0.29, 0.717) is 6.54 Å². The number of nitrogens with zero attached hydrogens (tertiary/aromatic N) is 2. The molecule has 0 spiro atoms. The zero-order valence-electron chi connectivity index (χ0n) is 8.36. The number of hydrogen-bond acceptors (Lipinski definition) is 3. The van der Waals surface area contributed by atoms with Crippen LogP contribution in [0.2, 0.25) is 0 Å². The number of aromatic nitrogens is 2. The molecule has 0 aromatic carbocycles. The Bertz CT molecular complexity index is 258. The fourth-order valence-corrected chi connectivity index (χ4v) is 1.06. The Morgan fingerprint density at radius 2 is 2.36 bits per heavy atom. The van der Waals surface area contributed by atoms with Gasteiger partial charge >= 0.3 is 6.03 Å². The summed E-state index contributed by atoms with van der Waals surface area (Å²) in [5, 5.41) is 5.97. The maximum atomic E-state index is 11.3. The standard InChI is InChI=1S/C9H16N4O/c1-2-10-4-3-5-12-9(14)13-7-6-11-8-13/h6-8,10H,2-5H2,1H3,(H,12,14). The fraction of sp³-hybridized carbons (Fsp3) is 0.556. The topological polar surface area (TPSA) is 58.9 Å². The molecule has 78 valence electrons. The number of carbonyl (C=O) groups excluding carboxylic acids is 1. The predicted octanol–water partition coefficient (Wildman–Crippen LogP) is 0.440. The number of imidazole rings is 1. The third-order valence-electron chi connectivity index (χ3n) is 1.80. The fourth-order valence-electron chi connectivity index (χ4n) is 1.06. The lowest BCUT2D eigenvalue weighted by Gasteiger charge is -2.04. The van der Waals surface area contributed by atoms with Gasteiger partial charge in [-0.05, 0) is 19.5 Å². The number of rotatable bonds is 5. The molecule has 2 N–H and O–H groups in total. The van der Waals surface area contributed by atoms with Gasteiger partial charge in [-0.25, -0.2) is 9.78 Å². The van der Waals surface area contributed by atoms with Crippen molar-refractivity contribution in [1.29, 1.82) is 0 Å². The molecule has 0 fully saturated rings. The van der Waals surface area contributed by atoms with Crippen LogP contribution in [0.1, 0.15) is 13.3 Å². The maximum Gasteiger partial charge on any atom is 0.326 e. The molecule has 0 atom stereocenters. The smallest absolute Gasteiger partial charge is 0.326 e. The van der Waals surface area contributed by atoms with E-state index in [4.69, 9.17) is 0 Å². The number of carbonyl (C=O) groups is 1. The highest BCUT2D eigenvalue weighted by Gasteiger charge is 2.00. The highest BCUT2D eigenvalue weighted by Crippen LogP contribution is 1.84. The molecule has 5 nitrogen and oxygen atoms in total. The van der Waals surface area contributed by atoms with Crippen molar-refractivity contribution in [2.24, 2.45) is 0 Å². The molecular formula is C9H16N4O. The monoisotopic (exact) mass is 196 g/mol. The van der Waals surface area contributed by atoms with Crippen LogP contribution in [0, 0.1) is 0 Å². The van der Waals surface area contributed by atoms with Gasteiger partial charge in [-0.3, -0.25) is 4.57 Å². The Hall–Kier alpha value is -1.36. The Morgan fingerprint density at radius 3 is 3.00 bits per heavy atom. The first kappa shape index (κ1) is 10.7. The van der Waals surface area contributed by atoms with E-state index in [1.807, 2.05) is 0 Å². The largest absolute Gasteiger partial charge is 0.337 e. The summed E-state index contributed by atoms with van der Waals surface area (Å²) in [6.45, 7) is 4.64. The first-order valence-corrected chi connectivity index (χ1v) is 4.81. The van der Waals surface area contributed by atoms with Gasteiger partial charge in [0.05, 0.1) is 0 Å². The number of amides is 1. The molecule has 0 saturated carbocycles. The van der Waals surface area contributed by atoms with Crippen molar-refractivity contribution in [2.45, 2.75) is 13.3 Å². The first-order chi connectivity index (χ1) is 6.84. The van der Waals surface area contributed by atoms with Gasteiger partial charge in [-0.1, -0.05) is 6.92 Å². The third kappa shape index (κ3) is 3.57. The lowest BCUT2D eigenvalue weighted by Crippen LogP contribution is -2.30. The summed E-state index contributed by atoms with van der Waals surface area (Å²) in [5.74, 6) is 0. The molecule has 5 heteroatoms. The second-order valence-electron chi connectivity index (χ2n) is 2.91. The molecule has 1 aromatic heterocycles. The zero-order valence-corrected chi connectivity index (χ0v) is 8.36. The van der Waals surface area contributed by atoms with Gasteiger partial charge in [0, 0.05) is 18.9 Å². The van der Waals surface area contributed by atoms with Gasteiger partial charge in [0.1, 0.15) is 6.33 Å². The molecule has 0 aliphatic rings. The van der Waals surface area contributed by atoms with Crippen LogP contribution in [-0.2, 0) is 0 Å². The normalized spacial score (nSPS) is 10.1. The van der Waals surface area contributed by atoms with Crippen molar-refractivity contribution in [3.8, 4) is 0 Å². The quantitative estimate of drug-likeness (QED) is 0.672. The summed E-state index contributed by atoms with van der Waals surface area (Å²) < 4.78 is 1.42. The summed E-state index contributed by atoms with van der Waals surface area (Å²) in [6, 6.07) is -0.126. The van der Waals surface area contributed by atoms with E-state index in [9.17, 15) is 4.79 Å². The molecule has 1 amide bonds. The van der Waals surface area contributed by atoms with Crippen LogP contribution in [-0.4, -0.2) is 35.2 Å². The molecule has 0 bridgehead atoms. The van der Waals surface area contributed by atoms with Gasteiger partial charge in [0.25, 0.3) is 0 Å². The van der Waals surface area contributed by atoms with Crippen LogP contribution in [0.15, 0.2) is 18.7 Å². The van der Waals surface area contributed by atoms with Crippen molar-refractivity contribution in [3.05, 3.63) is 18.7 Å². The predicted molar refractivity (Wildman–Crippen MR) is 54.2 cm³/mol. The maximum absolute atomic E-state index is 11.3. The molecular weight excluding hydrogens is 180 g/mol. The summed E-state index contributed by atoms with van der Waals surface area (Å²) in [6.07, 6.45) is 5.63. The Labute approximate surface area is 83.5 Å². The van der Waals surface area contributed by atoms with Crippen LogP contribution >= 0.6 is 0 Å². The molecule has 0 aliphatic heterocycles. The highest BCUT2D eigenvalue weighted by atomic mass is 16.2. The minimum Gasteiger partial charge on any atom is -0.337 e. The molecule has 0 saturated heterocycles. The first-order valence-electron chi connectivity index (χ1n) is 4.81. The second kappa shape index (κ2) is 6.15. The average molecular weight is 196 g/mol. The minimum atomic E-state index is -0.126. The Balaban J connectivity index is 2.10. The van der Waals surface area contributed by atoms with Crippen molar-refractivity contribution < 1.29 is 4.79 Å². The van der Waals surface area contributed by atoms with E-state index in [2.05, 4.69) is 22.5 Å².